The van der Waals surface area contributed by atoms with Crippen LogP contribution < -0.4 is 22.1 Å². The standard InChI is InChI=1S/C23H18F6N4O2/c1-11-8-12(2-6-18(11)30)20(34)32-13-3-5-15(16(9-13)22(24,25)26)21(35)33-14-4-7-19(31)17(10-14)23(27,28)29/h2-10H,30-31H2,1H3,(H,32,34)(H,33,35). The second-order valence-electron chi connectivity index (χ2n) is 7.54. The van der Waals surface area contributed by atoms with Crippen LogP contribution in [0.15, 0.2) is 54.6 Å². The van der Waals surface area contributed by atoms with Crippen molar-refractivity contribution in [3.63, 3.8) is 0 Å². The predicted molar refractivity (Wildman–Crippen MR) is 119 cm³/mol. The van der Waals surface area contributed by atoms with Crippen molar-refractivity contribution in [3.05, 3.63) is 82.4 Å². The smallest absolute Gasteiger partial charge is 0.399 e. The first-order valence-electron chi connectivity index (χ1n) is 9.83. The average Bonchev–Trinajstić information content (AvgIpc) is 2.75. The Balaban J connectivity index is 1.90. The number of alkyl halides is 6. The Morgan fingerprint density at radius 2 is 1.20 bits per heavy atom. The lowest BCUT2D eigenvalue weighted by Crippen LogP contribution is -2.20. The highest BCUT2D eigenvalue weighted by Crippen LogP contribution is 2.37. The fraction of sp³-hybridized carbons (Fsp3) is 0.130. The lowest BCUT2D eigenvalue weighted by Gasteiger charge is -2.16. The van der Waals surface area contributed by atoms with E-state index >= 15 is 0 Å². The molecular formula is C23H18F6N4O2. The summed E-state index contributed by atoms with van der Waals surface area (Å²) in [7, 11) is 0. The van der Waals surface area contributed by atoms with Crippen molar-refractivity contribution in [2.45, 2.75) is 19.3 Å². The minimum Gasteiger partial charge on any atom is -0.399 e. The van der Waals surface area contributed by atoms with Gasteiger partial charge in [-0.05, 0) is 67.1 Å². The highest BCUT2D eigenvalue weighted by Gasteiger charge is 2.36. The number of nitrogens with two attached hydrogens (primary N) is 2. The fourth-order valence-corrected chi connectivity index (χ4v) is 3.15. The molecule has 3 aromatic rings. The summed E-state index contributed by atoms with van der Waals surface area (Å²) in [6.07, 6.45) is -9.84. The van der Waals surface area contributed by atoms with E-state index < -0.39 is 52.2 Å². The van der Waals surface area contributed by atoms with E-state index in [1.54, 1.807) is 6.92 Å². The van der Waals surface area contributed by atoms with E-state index in [0.29, 0.717) is 23.4 Å². The molecule has 12 heteroatoms. The van der Waals surface area contributed by atoms with Crippen LogP contribution in [0.1, 0.15) is 37.4 Å². The minimum atomic E-state index is -5.01. The van der Waals surface area contributed by atoms with Crippen LogP contribution in [-0.2, 0) is 12.4 Å². The largest absolute Gasteiger partial charge is 0.418 e. The van der Waals surface area contributed by atoms with Crippen LogP contribution in [0.2, 0.25) is 0 Å². The molecule has 0 bridgehead atoms. The zero-order valence-electron chi connectivity index (χ0n) is 17.9. The van der Waals surface area contributed by atoms with Gasteiger partial charge in [0.15, 0.2) is 0 Å². The maximum absolute atomic E-state index is 13.7. The molecular weight excluding hydrogens is 478 g/mol. The van der Waals surface area contributed by atoms with E-state index in [-0.39, 0.29) is 11.3 Å². The molecule has 184 valence electrons. The summed E-state index contributed by atoms with van der Waals surface area (Å²) >= 11 is 0. The summed E-state index contributed by atoms with van der Waals surface area (Å²) in [6, 6.07) is 9.18. The Morgan fingerprint density at radius 1 is 0.686 bits per heavy atom. The van der Waals surface area contributed by atoms with Crippen LogP contribution >= 0.6 is 0 Å². The van der Waals surface area contributed by atoms with Crippen molar-refractivity contribution in [2.24, 2.45) is 0 Å². The number of amides is 2. The molecule has 0 radical (unpaired) electrons. The van der Waals surface area contributed by atoms with Gasteiger partial charge in [-0.1, -0.05) is 0 Å². The van der Waals surface area contributed by atoms with Gasteiger partial charge in [-0.25, -0.2) is 0 Å². The zero-order valence-corrected chi connectivity index (χ0v) is 17.9. The third-order valence-corrected chi connectivity index (χ3v) is 4.98. The van der Waals surface area contributed by atoms with Crippen LogP contribution in [0.5, 0.6) is 0 Å². The number of aryl methyl sites for hydroxylation is 1. The molecule has 0 aliphatic rings. The molecule has 0 aromatic heterocycles. The van der Waals surface area contributed by atoms with Gasteiger partial charge in [-0.3, -0.25) is 9.59 Å². The van der Waals surface area contributed by atoms with E-state index in [1.807, 2.05) is 5.32 Å². The number of nitrogens with one attached hydrogen (secondary N) is 2. The van der Waals surface area contributed by atoms with Crippen LogP contribution in [0.25, 0.3) is 0 Å². The summed E-state index contributed by atoms with van der Waals surface area (Å²) in [5, 5.41) is 4.33. The van der Waals surface area contributed by atoms with Gasteiger partial charge in [-0.2, -0.15) is 26.3 Å². The molecule has 6 N–H and O–H groups in total. The summed E-state index contributed by atoms with van der Waals surface area (Å²) in [5.41, 5.74) is 7.39. The Bertz CT molecular complexity index is 1300. The first-order valence-corrected chi connectivity index (χ1v) is 9.83. The quantitative estimate of drug-likeness (QED) is 0.274. The summed E-state index contributed by atoms with van der Waals surface area (Å²) in [4.78, 5) is 25.0. The molecule has 0 saturated carbocycles. The van der Waals surface area contributed by atoms with Crippen molar-refractivity contribution < 1.29 is 35.9 Å². The number of halogens is 6. The molecule has 0 fully saturated rings. The maximum Gasteiger partial charge on any atom is 0.418 e. The van der Waals surface area contributed by atoms with Crippen molar-refractivity contribution in [1.29, 1.82) is 0 Å². The van der Waals surface area contributed by atoms with Crippen LogP contribution in [0, 0.1) is 6.92 Å². The lowest BCUT2D eigenvalue weighted by molar-refractivity contribution is -0.138. The molecule has 3 rings (SSSR count). The van der Waals surface area contributed by atoms with E-state index in [4.69, 9.17) is 11.5 Å². The van der Waals surface area contributed by atoms with Gasteiger partial charge in [0, 0.05) is 28.3 Å². The second kappa shape index (κ2) is 9.20. The number of carbonyl (C=O) groups excluding carboxylic acids is 2. The predicted octanol–water partition coefficient (Wildman–Crippen LogP) is 5.70. The van der Waals surface area contributed by atoms with Crippen molar-refractivity contribution in [1.82, 2.24) is 0 Å². The lowest BCUT2D eigenvalue weighted by atomic mass is 10.0. The number of rotatable bonds is 4. The molecule has 0 aliphatic heterocycles. The normalized spacial score (nSPS) is 11.7. The first-order chi connectivity index (χ1) is 16.2. The van der Waals surface area contributed by atoms with E-state index in [1.165, 1.54) is 18.2 Å². The number of carbonyl (C=O) groups is 2. The Hall–Kier alpha value is -4.22. The summed E-state index contributed by atoms with van der Waals surface area (Å²) < 4.78 is 80.2. The molecule has 35 heavy (non-hydrogen) atoms. The molecule has 0 unspecified atom stereocenters. The molecule has 2 amide bonds. The number of anilines is 4. The van der Waals surface area contributed by atoms with Gasteiger partial charge in [-0.15, -0.1) is 0 Å². The van der Waals surface area contributed by atoms with E-state index in [9.17, 15) is 35.9 Å². The van der Waals surface area contributed by atoms with E-state index in [2.05, 4.69) is 5.32 Å². The summed E-state index contributed by atoms with van der Waals surface area (Å²) in [6.45, 7) is 1.65. The van der Waals surface area contributed by atoms with Crippen molar-refractivity contribution >= 4 is 34.6 Å². The Kier molecular flexibility index (Phi) is 6.68. The van der Waals surface area contributed by atoms with Crippen LogP contribution in [-0.4, -0.2) is 11.8 Å². The fourth-order valence-electron chi connectivity index (χ4n) is 3.15. The Labute approximate surface area is 194 Å². The highest BCUT2D eigenvalue weighted by molar-refractivity contribution is 6.07. The molecule has 0 saturated heterocycles. The maximum atomic E-state index is 13.7. The van der Waals surface area contributed by atoms with E-state index in [0.717, 1.165) is 24.3 Å². The van der Waals surface area contributed by atoms with Gasteiger partial charge in [0.05, 0.1) is 16.7 Å². The minimum absolute atomic E-state index is 0.149. The number of nitrogen functional groups attached to an aromatic ring is 2. The average molecular weight is 496 g/mol. The van der Waals surface area contributed by atoms with Gasteiger partial charge >= 0.3 is 12.4 Å². The van der Waals surface area contributed by atoms with Gasteiger partial charge < -0.3 is 22.1 Å². The number of benzene rings is 3. The number of hydrogen-bond donors (Lipinski definition) is 4. The van der Waals surface area contributed by atoms with Gasteiger partial charge in [0.25, 0.3) is 11.8 Å². The SMILES string of the molecule is Cc1cc(C(=O)Nc2ccc(C(=O)Nc3ccc(N)c(C(F)(F)F)c3)c(C(F)(F)F)c2)ccc1N. The van der Waals surface area contributed by atoms with Crippen molar-refractivity contribution in [2.75, 3.05) is 22.1 Å². The molecule has 0 atom stereocenters. The van der Waals surface area contributed by atoms with Crippen LogP contribution in [0.3, 0.4) is 0 Å². The third kappa shape index (κ3) is 5.83. The molecule has 0 heterocycles. The van der Waals surface area contributed by atoms with Gasteiger partial charge in [0.2, 0.25) is 0 Å². The second-order valence-corrected chi connectivity index (χ2v) is 7.54. The monoisotopic (exact) mass is 496 g/mol. The zero-order chi connectivity index (χ0) is 26.1. The van der Waals surface area contributed by atoms with Crippen molar-refractivity contribution in [3.8, 4) is 0 Å². The first kappa shape index (κ1) is 25.4. The third-order valence-electron chi connectivity index (χ3n) is 4.98. The molecule has 3 aromatic carbocycles. The highest BCUT2D eigenvalue weighted by atomic mass is 19.4. The van der Waals surface area contributed by atoms with Gasteiger partial charge in [0.1, 0.15) is 0 Å². The Morgan fingerprint density at radius 3 is 1.77 bits per heavy atom. The summed E-state index contributed by atoms with van der Waals surface area (Å²) in [5.74, 6) is -2.01. The molecule has 6 nitrogen and oxygen atoms in total. The number of hydrogen-bond acceptors (Lipinski definition) is 4. The molecule has 0 spiro atoms. The molecule has 0 aliphatic carbocycles. The topological polar surface area (TPSA) is 110 Å². The van der Waals surface area contributed by atoms with Crippen LogP contribution in [0.4, 0.5) is 49.1 Å².